The number of imidazole rings is 1. The lowest BCUT2D eigenvalue weighted by Crippen LogP contribution is -2.10. The average molecular weight is 367 g/mol. The van der Waals surface area contributed by atoms with E-state index in [1.165, 1.54) is 0 Å². The van der Waals surface area contributed by atoms with Crippen LogP contribution in [0, 0.1) is 0 Å². The molecule has 0 atom stereocenters. The molecule has 0 aliphatic heterocycles. The Kier molecular flexibility index (Phi) is 5.53. The summed E-state index contributed by atoms with van der Waals surface area (Å²) in [6.45, 7) is 0.707. The number of nitrogens with two attached hydrogens (primary N) is 1. The van der Waals surface area contributed by atoms with Gasteiger partial charge in [0.1, 0.15) is 10.8 Å². The molecule has 0 aliphatic carbocycles. The fourth-order valence-corrected chi connectivity index (χ4v) is 2.97. The number of rotatable bonds is 7. The highest BCUT2D eigenvalue weighted by molar-refractivity contribution is 7.80. The van der Waals surface area contributed by atoms with Gasteiger partial charge < -0.3 is 19.8 Å². The molecule has 0 unspecified atom stereocenters. The molecule has 0 saturated heterocycles. The van der Waals surface area contributed by atoms with E-state index in [9.17, 15) is 0 Å². The maximum Gasteiger partial charge on any atom is 0.161 e. The monoisotopic (exact) mass is 367 g/mol. The van der Waals surface area contributed by atoms with E-state index in [1.54, 1.807) is 14.2 Å². The van der Waals surface area contributed by atoms with Crippen molar-refractivity contribution in [2.24, 2.45) is 5.73 Å². The maximum atomic E-state index is 5.73. The molecule has 26 heavy (non-hydrogen) atoms. The Morgan fingerprint density at radius 2 is 1.88 bits per heavy atom. The number of hydrogen-bond donors (Lipinski definition) is 1. The predicted molar refractivity (Wildman–Crippen MR) is 106 cm³/mol. The number of ether oxygens (including phenoxy) is 2. The van der Waals surface area contributed by atoms with Crippen LogP contribution in [0.25, 0.3) is 0 Å². The van der Waals surface area contributed by atoms with Gasteiger partial charge in [-0.2, -0.15) is 0 Å². The number of aromatic nitrogens is 2. The lowest BCUT2D eigenvalue weighted by molar-refractivity contribution is 0.354. The second-order valence-electron chi connectivity index (χ2n) is 5.90. The fraction of sp³-hybridized carbons (Fsp3) is 0.200. The van der Waals surface area contributed by atoms with Gasteiger partial charge in [0.15, 0.2) is 11.5 Å². The van der Waals surface area contributed by atoms with Crippen LogP contribution in [0.2, 0.25) is 0 Å². The largest absolute Gasteiger partial charge is 0.493 e. The van der Waals surface area contributed by atoms with Crippen molar-refractivity contribution in [3.8, 4) is 11.5 Å². The SMILES string of the molecule is COc1ccc(Cc2nccn2Cc2cccc(C(N)=S)c2)cc1OC. The quantitative estimate of drug-likeness (QED) is 0.650. The summed E-state index contributed by atoms with van der Waals surface area (Å²) in [6, 6.07) is 13.9. The number of nitrogens with zero attached hydrogens (tertiary/aromatic N) is 2. The standard InChI is InChI=1S/C20H21N3O2S/c1-24-17-7-6-14(11-18(17)25-2)12-19-22-8-9-23(19)13-15-4-3-5-16(10-15)20(21)26/h3-11H,12-13H2,1-2H3,(H2,21,26). The molecule has 0 spiro atoms. The topological polar surface area (TPSA) is 62.3 Å². The van der Waals surface area contributed by atoms with Gasteiger partial charge in [-0.15, -0.1) is 0 Å². The Morgan fingerprint density at radius 3 is 2.62 bits per heavy atom. The van der Waals surface area contributed by atoms with Crippen molar-refractivity contribution in [2.75, 3.05) is 14.2 Å². The third-order valence-corrected chi connectivity index (χ3v) is 4.41. The minimum atomic E-state index is 0.406. The van der Waals surface area contributed by atoms with Crippen molar-refractivity contribution in [1.82, 2.24) is 9.55 Å². The van der Waals surface area contributed by atoms with Gasteiger partial charge >= 0.3 is 0 Å². The van der Waals surface area contributed by atoms with Gasteiger partial charge in [0.2, 0.25) is 0 Å². The van der Waals surface area contributed by atoms with Gasteiger partial charge in [-0.05, 0) is 29.3 Å². The Balaban J connectivity index is 1.81. The highest BCUT2D eigenvalue weighted by Crippen LogP contribution is 2.28. The Hall–Kier alpha value is -2.86. The first-order valence-electron chi connectivity index (χ1n) is 8.20. The van der Waals surface area contributed by atoms with Crippen LogP contribution < -0.4 is 15.2 Å². The number of methoxy groups -OCH3 is 2. The molecule has 0 fully saturated rings. The lowest BCUT2D eigenvalue weighted by Gasteiger charge is -2.11. The molecule has 0 saturated carbocycles. The number of benzene rings is 2. The summed E-state index contributed by atoms with van der Waals surface area (Å²) in [7, 11) is 3.27. The molecule has 0 aliphatic rings. The van der Waals surface area contributed by atoms with E-state index in [0.29, 0.717) is 29.5 Å². The average Bonchev–Trinajstić information content (AvgIpc) is 3.08. The van der Waals surface area contributed by atoms with E-state index < -0.39 is 0 Å². The van der Waals surface area contributed by atoms with Crippen molar-refractivity contribution in [3.05, 3.63) is 77.4 Å². The molecule has 6 heteroatoms. The first-order valence-corrected chi connectivity index (χ1v) is 8.61. The van der Waals surface area contributed by atoms with Crippen LogP contribution in [-0.2, 0) is 13.0 Å². The highest BCUT2D eigenvalue weighted by Gasteiger charge is 2.09. The molecule has 3 aromatic rings. The first-order chi connectivity index (χ1) is 12.6. The molecule has 0 amide bonds. The smallest absolute Gasteiger partial charge is 0.161 e. The summed E-state index contributed by atoms with van der Waals surface area (Å²) in [5.41, 5.74) is 8.83. The molecule has 1 aromatic heterocycles. The second-order valence-corrected chi connectivity index (χ2v) is 6.34. The Labute approximate surface area is 158 Å². The molecule has 0 radical (unpaired) electrons. The molecule has 5 nitrogen and oxygen atoms in total. The molecular formula is C20H21N3O2S. The van der Waals surface area contributed by atoms with Gasteiger partial charge in [0.25, 0.3) is 0 Å². The molecule has 2 aromatic carbocycles. The third kappa shape index (κ3) is 4.03. The zero-order valence-corrected chi connectivity index (χ0v) is 15.6. The van der Waals surface area contributed by atoms with Gasteiger partial charge in [-0.3, -0.25) is 0 Å². The summed E-state index contributed by atoms with van der Waals surface area (Å²) >= 11 is 5.06. The van der Waals surface area contributed by atoms with E-state index in [4.69, 9.17) is 27.4 Å². The summed E-state index contributed by atoms with van der Waals surface area (Å²) < 4.78 is 12.8. The molecule has 1 heterocycles. The van der Waals surface area contributed by atoms with E-state index in [1.807, 2.05) is 48.8 Å². The van der Waals surface area contributed by atoms with Crippen molar-refractivity contribution in [2.45, 2.75) is 13.0 Å². The molecular weight excluding hydrogens is 346 g/mol. The second kappa shape index (κ2) is 8.01. The minimum Gasteiger partial charge on any atom is -0.493 e. The summed E-state index contributed by atoms with van der Waals surface area (Å²) in [5.74, 6) is 2.40. The van der Waals surface area contributed by atoms with Gasteiger partial charge in [-0.1, -0.05) is 36.5 Å². The van der Waals surface area contributed by atoms with Crippen molar-refractivity contribution in [1.29, 1.82) is 0 Å². The van der Waals surface area contributed by atoms with Crippen LogP contribution in [0.3, 0.4) is 0 Å². The molecule has 2 N–H and O–H groups in total. The van der Waals surface area contributed by atoms with Gasteiger partial charge in [0.05, 0.1) is 14.2 Å². The molecule has 134 valence electrons. The van der Waals surface area contributed by atoms with E-state index in [2.05, 4.69) is 15.6 Å². The highest BCUT2D eigenvalue weighted by atomic mass is 32.1. The van der Waals surface area contributed by atoms with Crippen LogP contribution in [-0.4, -0.2) is 28.8 Å². The van der Waals surface area contributed by atoms with Crippen molar-refractivity contribution in [3.63, 3.8) is 0 Å². The van der Waals surface area contributed by atoms with E-state index in [0.717, 1.165) is 22.5 Å². The van der Waals surface area contributed by atoms with Crippen molar-refractivity contribution < 1.29 is 9.47 Å². The Morgan fingerprint density at radius 1 is 1.08 bits per heavy atom. The number of hydrogen-bond acceptors (Lipinski definition) is 4. The normalized spacial score (nSPS) is 10.5. The summed E-state index contributed by atoms with van der Waals surface area (Å²) in [6.07, 6.45) is 4.49. The number of thiocarbonyl (C=S) groups is 1. The molecule has 0 bridgehead atoms. The van der Waals surface area contributed by atoms with E-state index >= 15 is 0 Å². The van der Waals surface area contributed by atoms with Gasteiger partial charge in [0, 0.05) is 30.9 Å². The maximum absolute atomic E-state index is 5.73. The van der Waals surface area contributed by atoms with Gasteiger partial charge in [-0.25, -0.2) is 4.98 Å². The van der Waals surface area contributed by atoms with Crippen molar-refractivity contribution >= 4 is 17.2 Å². The lowest BCUT2D eigenvalue weighted by atomic mass is 10.1. The van der Waals surface area contributed by atoms with Crippen LogP contribution >= 0.6 is 12.2 Å². The third-order valence-electron chi connectivity index (χ3n) is 4.18. The van der Waals surface area contributed by atoms with Crippen LogP contribution in [0.1, 0.15) is 22.5 Å². The summed E-state index contributed by atoms with van der Waals surface area (Å²) in [4.78, 5) is 4.91. The van der Waals surface area contributed by atoms with E-state index in [-0.39, 0.29) is 0 Å². The van der Waals surface area contributed by atoms with Crippen LogP contribution in [0.15, 0.2) is 54.9 Å². The predicted octanol–water partition coefficient (Wildman–Crippen LogP) is 3.17. The van der Waals surface area contributed by atoms with Crippen LogP contribution in [0.5, 0.6) is 11.5 Å². The first kappa shape index (κ1) is 17.9. The zero-order chi connectivity index (χ0) is 18.5. The zero-order valence-electron chi connectivity index (χ0n) is 14.8. The van der Waals surface area contributed by atoms with Crippen LogP contribution in [0.4, 0.5) is 0 Å². The fourth-order valence-electron chi connectivity index (χ4n) is 2.84. The Bertz CT molecular complexity index is 921. The molecule has 3 rings (SSSR count). The summed E-state index contributed by atoms with van der Waals surface area (Å²) in [5, 5.41) is 0. The minimum absolute atomic E-state index is 0.406.